The molecule has 0 bridgehead atoms. The normalized spacial score (nSPS) is 12.0. The van der Waals surface area contributed by atoms with E-state index in [9.17, 15) is 18.0 Å². The summed E-state index contributed by atoms with van der Waals surface area (Å²) in [6, 6.07) is 24.6. The van der Waals surface area contributed by atoms with E-state index in [-0.39, 0.29) is 41.0 Å². The van der Waals surface area contributed by atoms with E-state index in [0.717, 1.165) is 19.9 Å². The fourth-order valence-corrected chi connectivity index (χ4v) is 7.33. The lowest BCUT2D eigenvalue weighted by Gasteiger charge is -2.35. The molecule has 0 spiro atoms. The zero-order chi connectivity index (χ0) is 37.3. The Morgan fingerprint density at radius 1 is 0.765 bits per heavy atom. The van der Waals surface area contributed by atoms with Crippen LogP contribution in [0.3, 0.4) is 0 Å². The van der Waals surface area contributed by atoms with Crippen LogP contribution < -0.4 is 28.6 Å². The second-order valence-corrected chi connectivity index (χ2v) is 15.4. The van der Waals surface area contributed by atoms with E-state index < -0.39 is 34.1 Å². The summed E-state index contributed by atoms with van der Waals surface area (Å²) in [5.74, 6) is 0.00461. The van der Waals surface area contributed by atoms with Gasteiger partial charge in [-0.05, 0) is 68.3 Å². The predicted octanol–water partition coefficient (Wildman–Crippen LogP) is 6.23. The van der Waals surface area contributed by atoms with Gasteiger partial charge in [-0.25, -0.2) is 8.42 Å². The number of carbonyl (C=O) groups is 2. The Balaban J connectivity index is 1.91. The molecule has 0 aliphatic rings. The van der Waals surface area contributed by atoms with Gasteiger partial charge in [-0.3, -0.25) is 13.9 Å². The molecule has 0 fully saturated rings. The maximum Gasteiger partial charge on any atom is 0.265 e. The lowest BCUT2D eigenvalue weighted by molar-refractivity contribution is -0.140. The summed E-state index contributed by atoms with van der Waals surface area (Å²) in [4.78, 5) is 30.3. The number of halogens is 1. The lowest BCUT2D eigenvalue weighted by Crippen LogP contribution is -2.56. The van der Waals surface area contributed by atoms with Crippen LogP contribution in [0.5, 0.6) is 23.0 Å². The van der Waals surface area contributed by atoms with Gasteiger partial charge in [-0.1, -0.05) is 58.4 Å². The van der Waals surface area contributed by atoms with Gasteiger partial charge in [-0.2, -0.15) is 0 Å². The summed E-state index contributed by atoms with van der Waals surface area (Å²) < 4.78 is 52.9. The third kappa shape index (κ3) is 9.95. The van der Waals surface area contributed by atoms with Gasteiger partial charge in [0.05, 0.1) is 39.0 Å². The van der Waals surface area contributed by atoms with Gasteiger partial charge in [0.25, 0.3) is 10.0 Å². The van der Waals surface area contributed by atoms with Crippen LogP contribution in [0.4, 0.5) is 5.69 Å². The van der Waals surface area contributed by atoms with Crippen molar-refractivity contribution < 1.29 is 37.0 Å². The molecule has 0 saturated heterocycles. The van der Waals surface area contributed by atoms with E-state index in [4.69, 9.17) is 18.9 Å². The largest absolute Gasteiger partial charge is 0.497 e. The second-order valence-electron chi connectivity index (χ2n) is 12.7. The molecule has 4 aromatic rings. The number of ether oxygens (including phenoxy) is 4. The van der Waals surface area contributed by atoms with Gasteiger partial charge in [0.1, 0.15) is 24.1 Å². The molecule has 0 heterocycles. The molecule has 13 heteroatoms. The Morgan fingerprint density at radius 2 is 1.41 bits per heavy atom. The fraction of sp³-hybridized carbons (Fsp3) is 0.316. The quantitative estimate of drug-likeness (QED) is 0.151. The van der Waals surface area contributed by atoms with Gasteiger partial charge >= 0.3 is 0 Å². The molecular formula is C38H44BrN3O8S. The summed E-state index contributed by atoms with van der Waals surface area (Å²) in [5.41, 5.74) is 0.990. The zero-order valence-electron chi connectivity index (χ0n) is 29.8. The average molecular weight is 783 g/mol. The summed E-state index contributed by atoms with van der Waals surface area (Å²) in [6.45, 7) is 4.89. The van der Waals surface area contributed by atoms with Crippen LogP contribution >= 0.6 is 15.9 Å². The third-order valence-electron chi connectivity index (χ3n) is 7.89. The minimum atomic E-state index is -4.50. The van der Waals surface area contributed by atoms with Gasteiger partial charge in [0.15, 0.2) is 11.5 Å². The fourth-order valence-electron chi connectivity index (χ4n) is 5.45. The second kappa shape index (κ2) is 17.0. The number of nitrogens with one attached hydrogen (secondary N) is 1. The molecule has 0 aliphatic heterocycles. The van der Waals surface area contributed by atoms with Crippen LogP contribution in [0.25, 0.3) is 0 Å². The topological polar surface area (TPSA) is 124 Å². The average Bonchev–Trinajstić information content (AvgIpc) is 3.10. The van der Waals surface area contributed by atoms with Crippen LogP contribution in [0.2, 0.25) is 0 Å². The van der Waals surface area contributed by atoms with E-state index in [0.29, 0.717) is 11.5 Å². The number of nitrogens with zero attached hydrogens (tertiary/aromatic N) is 2. The van der Waals surface area contributed by atoms with E-state index >= 15 is 0 Å². The number of benzene rings is 4. The third-order valence-corrected chi connectivity index (χ3v) is 10.1. The molecule has 1 unspecified atom stereocenters. The number of rotatable bonds is 15. The minimum Gasteiger partial charge on any atom is -0.497 e. The summed E-state index contributed by atoms with van der Waals surface area (Å²) in [5, 5.41) is 3.03. The van der Waals surface area contributed by atoms with Crippen molar-refractivity contribution in [2.24, 2.45) is 0 Å². The van der Waals surface area contributed by atoms with E-state index in [1.807, 2.05) is 75.4 Å². The Hall–Kier alpha value is -4.75. The van der Waals surface area contributed by atoms with Crippen molar-refractivity contribution in [2.45, 2.75) is 50.2 Å². The molecule has 2 amide bonds. The first-order valence-electron chi connectivity index (χ1n) is 16.1. The first-order valence-corrected chi connectivity index (χ1v) is 18.3. The number of methoxy groups -OCH3 is 4. The van der Waals surface area contributed by atoms with Crippen molar-refractivity contribution in [1.29, 1.82) is 0 Å². The van der Waals surface area contributed by atoms with E-state index in [1.165, 1.54) is 57.6 Å². The highest BCUT2D eigenvalue weighted by molar-refractivity contribution is 9.10. The van der Waals surface area contributed by atoms with Gasteiger partial charge in [-0.15, -0.1) is 0 Å². The van der Waals surface area contributed by atoms with E-state index in [1.54, 1.807) is 12.1 Å². The van der Waals surface area contributed by atoms with Gasteiger partial charge in [0.2, 0.25) is 11.8 Å². The van der Waals surface area contributed by atoms with Gasteiger partial charge < -0.3 is 29.2 Å². The molecule has 51 heavy (non-hydrogen) atoms. The first-order chi connectivity index (χ1) is 24.2. The van der Waals surface area contributed by atoms with Crippen molar-refractivity contribution in [2.75, 3.05) is 39.3 Å². The molecule has 4 aromatic carbocycles. The Labute approximate surface area is 308 Å². The predicted molar refractivity (Wildman–Crippen MR) is 200 cm³/mol. The molecule has 1 N–H and O–H groups in total. The molecule has 11 nitrogen and oxygen atoms in total. The Kier molecular flexibility index (Phi) is 13.0. The highest BCUT2D eigenvalue weighted by Crippen LogP contribution is 2.38. The van der Waals surface area contributed by atoms with Crippen LogP contribution in [-0.4, -0.2) is 71.7 Å². The monoisotopic (exact) mass is 781 g/mol. The number of anilines is 1. The Morgan fingerprint density at radius 3 is 2.02 bits per heavy atom. The van der Waals surface area contributed by atoms with E-state index in [2.05, 4.69) is 21.2 Å². The minimum absolute atomic E-state index is 0.00677. The number of amides is 2. The van der Waals surface area contributed by atoms with Crippen molar-refractivity contribution in [3.8, 4) is 23.0 Å². The van der Waals surface area contributed by atoms with Crippen molar-refractivity contribution in [3.05, 3.63) is 107 Å². The standard InChI is InChI=1S/C38H44BrN3O8S/c1-38(2,3)40-37(44)32(21-26-12-9-8-10-13-26)41(24-27-14-11-15-28(39)20-27)36(43)25-42(31-22-29(47-4)16-18-33(31)48-5)51(45,46)30-17-19-34(49-6)35(23-30)50-7/h8-20,22-23,32H,21,24-25H2,1-7H3,(H,40,44). The van der Waals surface area contributed by atoms with Crippen molar-refractivity contribution >= 4 is 43.5 Å². The molecule has 0 aromatic heterocycles. The summed E-state index contributed by atoms with van der Waals surface area (Å²) >= 11 is 3.51. The van der Waals surface area contributed by atoms with Gasteiger partial charge in [0, 0.05) is 35.1 Å². The maximum absolute atomic E-state index is 14.9. The molecule has 0 aliphatic carbocycles. The number of hydrogen-bond acceptors (Lipinski definition) is 8. The zero-order valence-corrected chi connectivity index (χ0v) is 32.2. The molecule has 0 radical (unpaired) electrons. The highest BCUT2D eigenvalue weighted by Gasteiger charge is 2.37. The lowest BCUT2D eigenvalue weighted by atomic mass is 10.0. The molecule has 4 rings (SSSR count). The summed E-state index contributed by atoms with van der Waals surface area (Å²) in [6.07, 6.45) is 0.174. The van der Waals surface area contributed by atoms with Crippen molar-refractivity contribution in [3.63, 3.8) is 0 Å². The van der Waals surface area contributed by atoms with Crippen LogP contribution in [0, 0.1) is 0 Å². The number of carbonyl (C=O) groups excluding carboxylic acids is 2. The summed E-state index contributed by atoms with van der Waals surface area (Å²) in [7, 11) is 1.19. The number of sulfonamides is 1. The maximum atomic E-state index is 14.9. The SMILES string of the molecule is COc1ccc(OC)c(N(CC(=O)N(Cc2cccc(Br)c2)C(Cc2ccccc2)C(=O)NC(C)(C)C)S(=O)(=O)c2ccc(OC)c(OC)c2)c1. The first kappa shape index (κ1) is 39.0. The Bertz CT molecular complexity index is 1930. The van der Waals surface area contributed by atoms with Crippen LogP contribution in [-0.2, 0) is 32.6 Å². The number of hydrogen-bond donors (Lipinski definition) is 1. The smallest absolute Gasteiger partial charge is 0.265 e. The highest BCUT2D eigenvalue weighted by atomic mass is 79.9. The molecule has 272 valence electrons. The van der Waals surface area contributed by atoms with Crippen molar-refractivity contribution in [1.82, 2.24) is 10.2 Å². The molecule has 1 atom stereocenters. The van der Waals surface area contributed by atoms with Crippen LogP contribution in [0.1, 0.15) is 31.9 Å². The van der Waals surface area contributed by atoms with Crippen LogP contribution in [0.15, 0.2) is 100 Å². The molecule has 0 saturated carbocycles. The molecular weight excluding hydrogens is 738 g/mol.